The minimum Gasteiger partial charge on any atom is -0.462 e. The third kappa shape index (κ3) is 1.83. The van der Waals surface area contributed by atoms with Crippen LogP contribution in [0, 0.1) is 0 Å². The van der Waals surface area contributed by atoms with E-state index in [0.717, 1.165) is 0 Å². The van der Waals surface area contributed by atoms with Crippen molar-refractivity contribution in [3.05, 3.63) is 18.4 Å². The van der Waals surface area contributed by atoms with Crippen molar-refractivity contribution in [2.24, 2.45) is 0 Å². The average molecular weight is 251 g/mol. The second-order valence-electron chi connectivity index (χ2n) is 3.73. The number of aliphatic hydroxyl groups is 1. The number of hydrogen-bond acceptors (Lipinski definition) is 6. The second-order valence-corrected chi connectivity index (χ2v) is 4.69. The normalized spacial score (nSPS) is 20.2. The standard InChI is InChI=1S/C10H9N3O3S/c14-6-4-8(15)13(5-6)10-12-11-9(17-10)7-2-1-3-16-7/h1-3,6,14H,4-5H2. The zero-order chi connectivity index (χ0) is 11.8. The summed E-state index contributed by atoms with van der Waals surface area (Å²) in [5.41, 5.74) is 0. The molecule has 17 heavy (non-hydrogen) atoms. The minimum absolute atomic E-state index is 0.125. The van der Waals surface area contributed by atoms with E-state index in [-0.39, 0.29) is 18.9 Å². The molecule has 1 aliphatic rings. The molecule has 1 N–H and O–H groups in total. The lowest BCUT2D eigenvalue weighted by atomic mass is 10.3. The van der Waals surface area contributed by atoms with Crippen molar-refractivity contribution in [3.8, 4) is 10.8 Å². The van der Waals surface area contributed by atoms with Crippen LogP contribution in [0.15, 0.2) is 22.8 Å². The molecule has 3 heterocycles. The molecule has 88 valence electrons. The Balaban J connectivity index is 1.88. The highest BCUT2D eigenvalue weighted by molar-refractivity contribution is 7.18. The largest absolute Gasteiger partial charge is 0.462 e. The first-order valence-electron chi connectivity index (χ1n) is 5.10. The average Bonchev–Trinajstić information content (AvgIpc) is 2.97. The number of hydrogen-bond donors (Lipinski definition) is 1. The van der Waals surface area contributed by atoms with E-state index in [4.69, 9.17) is 4.42 Å². The topological polar surface area (TPSA) is 79.5 Å². The van der Waals surface area contributed by atoms with Gasteiger partial charge < -0.3 is 9.52 Å². The summed E-state index contributed by atoms with van der Waals surface area (Å²) in [6, 6.07) is 3.55. The van der Waals surface area contributed by atoms with Crippen molar-refractivity contribution >= 4 is 22.4 Å². The van der Waals surface area contributed by atoms with Gasteiger partial charge >= 0.3 is 0 Å². The molecule has 1 aliphatic heterocycles. The van der Waals surface area contributed by atoms with Crippen LogP contribution in [0.1, 0.15) is 6.42 Å². The highest BCUT2D eigenvalue weighted by atomic mass is 32.1. The zero-order valence-corrected chi connectivity index (χ0v) is 9.55. The molecule has 2 aromatic heterocycles. The number of carbonyl (C=O) groups is 1. The lowest BCUT2D eigenvalue weighted by molar-refractivity contribution is -0.117. The Labute approximate surface area is 101 Å². The fourth-order valence-electron chi connectivity index (χ4n) is 1.70. The Morgan fingerprint density at radius 1 is 1.53 bits per heavy atom. The van der Waals surface area contributed by atoms with Crippen LogP contribution in [0.2, 0.25) is 0 Å². The lowest BCUT2D eigenvalue weighted by Crippen LogP contribution is -2.24. The van der Waals surface area contributed by atoms with E-state index in [9.17, 15) is 9.90 Å². The molecular formula is C10H9N3O3S. The summed E-state index contributed by atoms with van der Waals surface area (Å²) in [5.74, 6) is 0.501. The number of amides is 1. The summed E-state index contributed by atoms with van der Waals surface area (Å²) >= 11 is 1.27. The van der Waals surface area contributed by atoms with E-state index in [2.05, 4.69) is 10.2 Å². The molecule has 1 atom stereocenters. The maximum Gasteiger partial charge on any atom is 0.231 e. The van der Waals surface area contributed by atoms with Gasteiger partial charge in [-0.1, -0.05) is 11.3 Å². The Bertz CT molecular complexity index is 537. The monoisotopic (exact) mass is 251 g/mol. The number of nitrogens with zero attached hydrogens (tertiary/aromatic N) is 3. The van der Waals surface area contributed by atoms with Crippen LogP contribution in [0.3, 0.4) is 0 Å². The van der Waals surface area contributed by atoms with Crippen LogP contribution in [0.4, 0.5) is 5.13 Å². The molecule has 1 unspecified atom stereocenters. The highest BCUT2D eigenvalue weighted by Gasteiger charge is 2.31. The maximum absolute atomic E-state index is 11.6. The number of rotatable bonds is 2. The molecule has 1 saturated heterocycles. The van der Waals surface area contributed by atoms with E-state index in [0.29, 0.717) is 15.9 Å². The van der Waals surface area contributed by atoms with Crippen LogP contribution in [-0.2, 0) is 4.79 Å². The van der Waals surface area contributed by atoms with Gasteiger partial charge in [-0.2, -0.15) is 0 Å². The van der Waals surface area contributed by atoms with Crippen molar-refractivity contribution in [2.75, 3.05) is 11.4 Å². The third-order valence-corrected chi connectivity index (χ3v) is 3.44. The molecule has 6 nitrogen and oxygen atoms in total. The molecule has 1 fully saturated rings. The van der Waals surface area contributed by atoms with E-state index in [1.807, 2.05) is 0 Å². The molecule has 0 saturated carbocycles. The summed E-state index contributed by atoms with van der Waals surface area (Å²) in [7, 11) is 0. The number of anilines is 1. The summed E-state index contributed by atoms with van der Waals surface area (Å²) in [6.07, 6.45) is 1.09. The predicted octanol–water partition coefficient (Wildman–Crippen LogP) is 0.896. The van der Waals surface area contributed by atoms with Gasteiger partial charge in [0.25, 0.3) is 0 Å². The first kappa shape index (κ1) is 10.4. The summed E-state index contributed by atoms with van der Waals surface area (Å²) in [5, 5.41) is 18.4. The van der Waals surface area contributed by atoms with Gasteiger partial charge in [0.1, 0.15) is 0 Å². The molecule has 3 rings (SSSR count). The maximum atomic E-state index is 11.6. The molecule has 7 heteroatoms. The van der Waals surface area contributed by atoms with Crippen LogP contribution in [0.25, 0.3) is 10.8 Å². The summed E-state index contributed by atoms with van der Waals surface area (Å²) in [6.45, 7) is 0.283. The molecule has 0 aliphatic carbocycles. The Hall–Kier alpha value is -1.73. The Kier molecular flexibility index (Phi) is 2.41. The third-order valence-electron chi connectivity index (χ3n) is 2.48. The van der Waals surface area contributed by atoms with Gasteiger partial charge in [0, 0.05) is 0 Å². The molecule has 0 spiro atoms. The molecular weight excluding hydrogens is 242 g/mol. The van der Waals surface area contributed by atoms with Crippen molar-refractivity contribution in [1.82, 2.24) is 10.2 Å². The van der Waals surface area contributed by atoms with E-state index >= 15 is 0 Å². The fourth-order valence-corrected chi connectivity index (χ4v) is 2.54. The summed E-state index contributed by atoms with van der Waals surface area (Å²) < 4.78 is 5.20. The van der Waals surface area contributed by atoms with Gasteiger partial charge in [-0.15, -0.1) is 10.2 Å². The number of aromatic nitrogens is 2. The van der Waals surface area contributed by atoms with Gasteiger partial charge in [0.15, 0.2) is 10.8 Å². The number of aliphatic hydroxyl groups excluding tert-OH is 1. The summed E-state index contributed by atoms with van der Waals surface area (Å²) in [4.78, 5) is 13.0. The van der Waals surface area contributed by atoms with E-state index in [1.54, 1.807) is 18.4 Å². The van der Waals surface area contributed by atoms with Crippen LogP contribution in [0.5, 0.6) is 0 Å². The van der Waals surface area contributed by atoms with Gasteiger partial charge in [-0.25, -0.2) is 0 Å². The Morgan fingerprint density at radius 3 is 3.06 bits per heavy atom. The molecule has 1 amide bonds. The van der Waals surface area contributed by atoms with Gasteiger partial charge in [0.05, 0.1) is 25.3 Å². The van der Waals surface area contributed by atoms with Crippen molar-refractivity contribution in [1.29, 1.82) is 0 Å². The number of furan rings is 1. The molecule has 0 bridgehead atoms. The van der Waals surface area contributed by atoms with Crippen molar-refractivity contribution < 1.29 is 14.3 Å². The number of carbonyl (C=O) groups excluding carboxylic acids is 1. The first-order chi connectivity index (χ1) is 8.24. The predicted molar refractivity (Wildman–Crippen MR) is 60.6 cm³/mol. The molecule has 0 radical (unpaired) electrons. The van der Waals surface area contributed by atoms with E-state index < -0.39 is 6.10 Å². The molecule has 2 aromatic rings. The van der Waals surface area contributed by atoms with Crippen molar-refractivity contribution in [3.63, 3.8) is 0 Å². The minimum atomic E-state index is -0.613. The van der Waals surface area contributed by atoms with Gasteiger partial charge in [-0.3, -0.25) is 9.69 Å². The first-order valence-corrected chi connectivity index (χ1v) is 5.91. The lowest BCUT2D eigenvalue weighted by Gasteiger charge is -2.09. The SMILES string of the molecule is O=C1CC(O)CN1c1nnc(-c2ccco2)s1. The fraction of sp³-hybridized carbons (Fsp3) is 0.300. The molecule has 0 aromatic carbocycles. The highest BCUT2D eigenvalue weighted by Crippen LogP contribution is 2.30. The van der Waals surface area contributed by atoms with Crippen LogP contribution >= 0.6 is 11.3 Å². The Morgan fingerprint density at radius 2 is 2.41 bits per heavy atom. The quantitative estimate of drug-likeness (QED) is 0.857. The van der Waals surface area contributed by atoms with Crippen LogP contribution < -0.4 is 4.90 Å². The van der Waals surface area contributed by atoms with E-state index in [1.165, 1.54) is 16.2 Å². The zero-order valence-electron chi connectivity index (χ0n) is 8.74. The van der Waals surface area contributed by atoms with Crippen molar-refractivity contribution in [2.45, 2.75) is 12.5 Å². The van der Waals surface area contributed by atoms with Gasteiger partial charge in [0.2, 0.25) is 11.0 Å². The van der Waals surface area contributed by atoms with Gasteiger partial charge in [-0.05, 0) is 12.1 Å². The smallest absolute Gasteiger partial charge is 0.231 e. The van der Waals surface area contributed by atoms with Crippen LogP contribution in [-0.4, -0.2) is 33.9 Å². The number of β-amino-alcohol motifs (C(OH)–C–C–N with tert-alkyl or cyclic N) is 1. The second kappa shape index (κ2) is 3.94.